The average molecular weight is 485 g/mol. The summed E-state index contributed by atoms with van der Waals surface area (Å²) >= 11 is 0. The number of halogens is 6. The fourth-order valence-electron chi connectivity index (χ4n) is 4.55. The Balaban J connectivity index is 1.13. The van der Waals surface area contributed by atoms with Crippen molar-refractivity contribution in [2.75, 3.05) is 6.61 Å². The Labute approximate surface area is 185 Å². The second-order valence-electron chi connectivity index (χ2n) is 9.09. The fourth-order valence-corrected chi connectivity index (χ4v) is 4.55. The van der Waals surface area contributed by atoms with Crippen LogP contribution >= 0.6 is 0 Å². The van der Waals surface area contributed by atoms with E-state index >= 15 is 0 Å². The highest BCUT2D eigenvalue weighted by Gasteiger charge is 2.48. The molecule has 0 saturated heterocycles. The van der Waals surface area contributed by atoms with Gasteiger partial charge in [-0.25, -0.2) is 0 Å². The summed E-state index contributed by atoms with van der Waals surface area (Å²) in [6, 6.07) is -0.0732. The Kier molecular flexibility index (Phi) is 6.90. The van der Waals surface area contributed by atoms with Gasteiger partial charge in [0, 0.05) is 17.9 Å². The van der Waals surface area contributed by atoms with E-state index in [0.29, 0.717) is 37.5 Å². The van der Waals surface area contributed by atoms with Crippen LogP contribution in [0.5, 0.6) is 0 Å². The summed E-state index contributed by atoms with van der Waals surface area (Å²) in [7, 11) is 0. The van der Waals surface area contributed by atoms with Gasteiger partial charge in [-0.05, 0) is 51.4 Å². The molecule has 0 radical (unpaired) electrons. The van der Waals surface area contributed by atoms with Crippen LogP contribution < -0.4 is 5.32 Å². The second-order valence-corrected chi connectivity index (χ2v) is 9.09. The fraction of sp³-hybridized carbons (Fsp3) is 0.850. The molecule has 0 spiro atoms. The molecule has 3 fully saturated rings. The second kappa shape index (κ2) is 9.40. The van der Waals surface area contributed by atoms with Gasteiger partial charge < -0.3 is 14.5 Å². The smallest absolute Gasteiger partial charge is 0.425 e. The predicted octanol–water partition coefficient (Wildman–Crippen LogP) is 4.35. The topological polar surface area (TPSA) is 86.5 Å². The van der Waals surface area contributed by atoms with E-state index in [9.17, 15) is 31.1 Å². The highest BCUT2D eigenvalue weighted by atomic mass is 19.4. The number of hydrogen-bond donors (Lipinski definition) is 1. The Morgan fingerprint density at radius 3 is 2.09 bits per heavy atom. The van der Waals surface area contributed by atoms with Crippen LogP contribution in [0, 0.1) is 5.92 Å². The molecule has 0 bridgehead atoms. The maximum absolute atomic E-state index is 12.5. The van der Waals surface area contributed by atoms with Crippen molar-refractivity contribution in [3.05, 3.63) is 11.8 Å². The monoisotopic (exact) mass is 485 g/mol. The number of nitrogens with one attached hydrogen (secondary N) is 1. The number of nitrogens with zero attached hydrogens (tertiary/aromatic N) is 2. The van der Waals surface area contributed by atoms with Gasteiger partial charge in [-0.2, -0.15) is 13.2 Å². The summed E-state index contributed by atoms with van der Waals surface area (Å²) in [4.78, 5) is 12.0. The Bertz CT molecular complexity index is 809. The van der Waals surface area contributed by atoms with Crippen LogP contribution in [0.15, 0.2) is 4.42 Å². The summed E-state index contributed by atoms with van der Waals surface area (Å²) in [5.74, 6) is -1.16. The summed E-state index contributed by atoms with van der Waals surface area (Å²) in [5.41, 5.74) is 0. The van der Waals surface area contributed by atoms with Gasteiger partial charge >= 0.3 is 12.5 Å². The molecule has 0 aromatic carbocycles. The number of alkyl halides is 6. The molecule has 1 aromatic heterocycles. The van der Waals surface area contributed by atoms with Crippen LogP contribution in [0.1, 0.15) is 75.0 Å². The van der Waals surface area contributed by atoms with E-state index in [2.05, 4.69) is 20.3 Å². The number of carbonyl (C=O) groups is 1. The molecule has 186 valence electrons. The summed E-state index contributed by atoms with van der Waals surface area (Å²) in [5, 5.41) is 10.9. The van der Waals surface area contributed by atoms with E-state index < -0.39 is 30.7 Å². The van der Waals surface area contributed by atoms with Gasteiger partial charge in [0.15, 0.2) is 0 Å². The lowest BCUT2D eigenvalue weighted by atomic mass is 9.82. The standard InChI is InChI=1S/C20H25F6N3O4/c21-19(22,23)12-7-14(8-12)31-9-16(30)27-13-3-1-10(2-4-13)17-28-29-18(32-17)11-5-15(6-11)33-20(24,25)26/h10-15H,1-9H2,(H,27,30)/t10-,11-,12-,13-,14-,15+. The van der Waals surface area contributed by atoms with Crippen LogP contribution in [0.2, 0.25) is 0 Å². The molecule has 1 aromatic rings. The van der Waals surface area contributed by atoms with E-state index in [1.165, 1.54) is 0 Å². The van der Waals surface area contributed by atoms with E-state index in [4.69, 9.17) is 9.15 Å². The first-order valence-electron chi connectivity index (χ1n) is 11.0. The number of aromatic nitrogens is 2. The van der Waals surface area contributed by atoms with Crippen molar-refractivity contribution in [1.82, 2.24) is 15.5 Å². The third-order valence-electron chi connectivity index (χ3n) is 6.65. The van der Waals surface area contributed by atoms with E-state index in [1.54, 1.807) is 0 Å². The molecular formula is C20H25F6N3O4. The van der Waals surface area contributed by atoms with Crippen molar-refractivity contribution < 1.29 is 45.0 Å². The lowest BCUT2D eigenvalue weighted by Crippen LogP contribution is -2.44. The maximum atomic E-state index is 12.5. The third kappa shape index (κ3) is 6.37. The SMILES string of the molecule is O=C(CO[C@H]1C[C@H](C(F)(F)F)C1)N[C@H]1CC[C@H](c2nnc([C@H]3C[C@@H](OC(F)(F)F)C3)o2)CC1. The van der Waals surface area contributed by atoms with Crippen molar-refractivity contribution in [2.24, 2.45) is 5.92 Å². The predicted molar refractivity (Wildman–Crippen MR) is 98.9 cm³/mol. The molecule has 0 unspecified atom stereocenters. The van der Waals surface area contributed by atoms with Crippen LogP contribution in [-0.4, -0.2) is 53.5 Å². The number of carbonyl (C=O) groups excluding carboxylic acids is 1. The molecule has 3 aliphatic carbocycles. The number of rotatable bonds is 7. The molecule has 4 rings (SSSR count). The summed E-state index contributed by atoms with van der Waals surface area (Å²) in [6.07, 6.45) is -7.42. The van der Waals surface area contributed by atoms with Gasteiger partial charge in [-0.1, -0.05) is 0 Å². The zero-order valence-corrected chi connectivity index (χ0v) is 17.6. The molecule has 1 amide bonds. The van der Waals surface area contributed by atoms with Crippen molar-refractivity contribution in [3.63, 3.8) is 0 Å². The molecule has 0 aliphatic heterocycles. The molecule has 3 aliphatic rings. The number of ether oxygens (including phenoxy) is 2. The van der Waals surface area contributed by atoms with E-state index in [1.807, 2.05) is 0 Å². The lowest BCUT2D eigenvalue weighted by molar-refractivity contribution is -0.352. The Morgan fingerprint density at radius 2 is 1.52 bits per heavy atom. The first-order chi connectivity index (χ1) is 15.5. The molecule has 1 N–H and O–H groups in total. The molecule has 33 heavy (non-hydrogen) atoms. The van der Waals surface area contributed by atoms with Crippen LogP contribution in [0.4, 0.5) is 26.3 Å². The molecule has 3 saturated carbocycles. The van der Waals surface area contributed by atoms with Gasteiger partial charge in [-0.3, -0.25) is 9.53 Å². The van der Waals surface area contributed by atoms with Crippen molar-refractivity contribution in [1.29, 1.82) is 0 Å². The lowest BCUT2D eigenvalue weighted by Gasteiger charge is -2.36. The highest BCUT2D eigenvalue weighted by Crippen LogP contribution is 2.43. The number of hydrogen-bond acceptors (Lipinski definition) is 6. The molecular weight excluding hydrogens is 460 g/mol. The van der Waals surface area contributed by atoms with Gasteiger partial charge in [0.1, 0.15) is 6.61 Å². The van der Waals surface area contributed by atoms with Gasteiger partial charge in [0.05, 0.1) is 18.1 Å². The zero-order valence-electron chi connectivity index (χ0n) is 17.6. The minimum absolute atomic E-state index is 0.00669. The summed E-state index contributed by atoms with van der Waals surface area (Å²) < 4.78 is 89.0. The van der Waals surface area contributed by atoms with Crippen molar-refractivity contribution >= 4 is 5.91 Å². The molecule has 1 heterocycles. The minimum atomic E-state index is -4.65. The maximum Gasteiger partial charge on any atom is 0.522 e. The Morgan fingerprint density at radius 1 is 0.909 bits per heavy atom. The first-order valence-corrected chi connectivity index (χ1v) is 11.0. The highest BCUT2D eigenvalue weighted by molar-refractivity contribution is 5.77. The van der Waals surface area contributed by atoms with Gasteiger partial charge in [0.2, 0.25) is 17.7 Å². The summed E-state index contributed by atoms with van der Waals surface area (Å²) in [6.45, 7) is -0.261. The van der Waals surface area contributed by atoms with Gasteiger partial charge in [-0.15, -0.1) is 23.4 Å². The Hall–Kier alpha value is -1.89. The largest absolute Gasteiger partial charge is 0.522 e. The number of amides is 1. The molecule has 0 atom stereocenters. The zero-order chi connectivity index (χ0) is 23.8. The minimum Gasteiger partial charge on any atom is -0.425 e. The van der Waals surface area contributed by atoms with Crippen LogP contribution in [0.3, 0.4) is 0 Å². The van der Waals surface area contributed by atoms with Crippen LogP contribution in [-0.2, 0) is 14.3 Å². The third-order valence-corrected chi connectivity index (χ3v) is 6.65. The average Bonchev–Trinajstić information content (AvgIpc) is 3.11. The molecule has 13 heteroatoms. The van der Waals surface area contributed by atoms with Gasteiger partial charge in [0.25, 0.3) is 0 Å². The quantitative estimate of drug-likeness (QED) is 0.578. The van der Waals surface area contributed by atoms with Crippen molar-refractivity contribution in [3.8, 4) is 0 Å². The first kappa shape index (κ1) is 24.2. The van der Waals surface area contributed by atoms with E-state index in [0.717, 1.165) is 0 Å². The molecule has 7 nitrogen and oxygen atoms in total. The normalized spacial score (nSPS) is 32.7. The van der Waals surface area contributed by atoms with Crippen LogP contribution in [0.25, 0.3) is 0 Å². The van der Waals surface area contributed by atoms with Crippen molar-refractivity contribution in [2.45, 2.75) is 94.0 Å². The van der Waals surface area contributed by atoms with E-state index in [-0.39, 0.29) is 56.1 Å².